The zero-order valence-corrected chi connectivity index (χ0v) is 14.2. The third-order valence-corrected chi connectivity index (χ3v) is 4.38. The summed E-state index contributed by atoms with van der Waals surface area (Å²) < 4.78 is 0. The van der Waals surface area contributed by atoms with Crippen LogP contribution in [0.1, 0.15) is 23.1 Å². The summed E-state index contributed by atoms with van der Waals surface area (Å²) in [5.74, 6) is 0. The Kier molecular flexibility index (Phi) is 5.98. The van der Waals surface area contributed by atoms with Crippen LogP contribution in [0.2, 0.25) is 0 Å². The summed E-state index contributed by atoms with van der Waals surface area (Å²) in [6.07, 6.45) is 4.06. The van der Waals surface area contributed by atoms with Gasteiger partial charge in [0.25, 0.3) is 0 Å². The van der Waals surface area contributed by atoms with E-state index >= 15 is 0 Å². The lowest BCUT2D eigenvalue weighted by molar-refractivity contribution is 0.174. The van der Waals surface area contributed by atoms with Crippen molar-refractivity contribution >= 4 is 6.03 Å². The molecule has 2 aromatic rings. The zero-order chi connectivity index (χ0) is 17.5. The Morgan fingerprint density at radius 1 is 1.16 bits per heavy atom. The molecule has 1 fully saturated rings. The van der Waals surface area contributed by atoms with E-state index in [0.717, 1.165) is 30.6 Å². The minimum absolute atomic E-state index is 0.199. The summed E-state index contributed by atoms with van der Waals surface area (Å²) in [5, 5.41) is 15.4. The molecule has 0 saturated carbocycles. The van der Waals surface area contributed by atoms with E-state index in [9.17, 15) is 9.90 Å². The van der Waals surface area contributed by atoms with Gasteiger partial charge in [-0.3, -0.25) is 9.88 Å². The number of pyridine rings is 1. The van der Waals surface area contributed by atoms with Crippen LogP contribution in [0.5, 0.6) is 0 Å². The van der Waals surface area contributed by atoms with E-state index in [1.807, 2.05) is 30.3 Å². The van der Waals surface area contributed by atoms with E-state index in [4.69, 9.17) is 0 Å². The molecule has 0 radical (unpaired) electrons. The molecule has 132 valence electrons. The van der Waals surface area contributed by atoms with Crippen LogP contribution >= 0.6 is 0 Å². The molecule has 1 aromatic heterocycles. The van der Waals surface area contributed by atoms with E-state index in [1.54, 1.807) is 12.4 Å². The molecular weight excluding hydrogens is 316 g/mol. The number of nitrogens with one attached hydrogen (secondary N) is 2. The predicted molar refractivity (Wildman–Crippen MR) is 95.7 cm³/mol. The minimum Gasteiger partial charge on any atom is -0.392 e. The number of carbonyl (C=O) groups excluding carboxylic acids is 1. The largest absolute Gasteiger partial charge is 0.392 e. The van der Waals surface area contributed by atoms with Crippen LogP contribution in [0.4, 0.5) is 4.79 Å². The number of aliphatic hydroxyl groups excluding tert-OH is 1. The fourth-order valence-corrected chi connectivity index (χ4v) is 3.00. The van der Waals surface area contributed by atoms with Gasteiger partial charge in [-0.1, -0.05) is 30.3 Å². The highest BCUT2D eigenvalue weighted by molar-refractivity contribution is 5.73. The molecule has 1 aliphatic heterocycles. The second kappa shape index (κ2) is 8.60. The topological polar surface area (TPSA) is 77.5 Å². The number of hydrogen-bond acceptors (Lipinski definition) is 4. The molecule has 25 heavy (non-hydrogen) atoms. The highest BCUT2D eigenvalue weighted by Crippen LogP contribution is 2.16. The van der Waals surface area contributed by atoms with Gasteiger partial charge in [-0.05, 0) is 29.2 Å². The average molecular weight is 340 g/mol. The first kappa shape index (κ1) is 17.4. The van der Waals surface area contributed by atoms with Gasteiger partial charge in [0.05, 0.1) is 6.10 Å². The molecule has 0 bridgehead atoms. The molecule has 3 N–H and O–H groups in total. The summed E-state index contributed by atoms with van der Waals surface area (Å²) >= 11 is 0. The van der Waals surface area contributed by atoms with Gasteiger partial charge in [-0.2, -0.15) is 0 Å². The maximum absolute atomic E-state index is 12.0. The standard InChI is InChI=1S/C19H24N4O2/c24-18-7-9-23(14-18)13-17-6-2-1-5-16(17)12-22-19(25)21-11-15-4-3-8-20-10-15/h1-6,8,10,18,24H,7,9,11-14H2,(H2,21,22,25). The molecule has 1 atom stereocenters. The fourth-order valence-electron chi connectivity index (χ4n) is 3.00. The quantitative estimate of drug-likeness (QED) is 0.747. The lowest BCUT2D eigenvalue weighted by Crippen LogP contribution is -2.35. The van der Waals surface area contributed by atoms with Crippen molar-refractivity contribution in [1.82, 2.24) is 20.5 Å². The van der Waals surface area contributed by atoms with Crippen LogP contribution in [-0.4, -0.2) is 40.2 Å². The molecule has 0 aliphatic carbocycles. The molecule has 2 heterocycles. The van der Waals surface area contributed by atoms with Gasteiger partial charge < -0.3 is 15.7 Å². The number of hydrogen-bond donors (Lipinski definition) is 3. The SMILES string of the molecule is O=C(NCc1cccnc1)NCc1ccccc1CN1CCC(O)C1. The van der Waals surface area contributed by atoms with Crippen molar-refractivity contribution in [3.63, 3.8) is 0 Å². The Labute approximate surface area is 147 Å². The highest BCUT2D eigenvalue weighted by atomic mass is 16.3. The normalized spacial score (nSPS) is 17.4. The summed E-state index contributed by atoms with van der Waals surface area (Å²) in [6.45, 7) is 3.35. The Hall–Kier alpha value is -2.44. The first-order valence-electron chi connectivity index (χ1n) is 8.58. The summed E-state index contributed by atoms with van der Waals surface area (Å²) in [5.41, 5.74) is 3.25. The molecule has 1 saturated heterocycles. The van der Waals surface area contributed by atoms with E-state index in [0.29, 0.717) is 19.6 Å². The third kappa shape index (κ3) is 5.27. The molecule has 6 nitrogen and oxygen atoms in total. The van der Waals surface area contributed by atoms with Gasteiger partial charge >= 0.3 is 6.03 Å². The first-order valence-corrected chi connectivity index (χ1v) is 8.58. The molecule has 1 unspecified atom stereocenters. The Balaban J connectivity index is 1.50. The molecule has 0 spiro atoms. The number of rotatable bonds is 6. The van der Waals surface area contributed by atoms with Gasteiger partial charge in [-0.25, -0.2) is 4.79 Å². The third-order valence-electron chi connectivity index (χ3n) is 4.38. The number of carbonyl (C=O) groups is 1. The van der Waals surface area contributed by atoms with E-state index in [2.05, 4.69) is 26.6 Å². The van der Waals surface area contributed by atoms with Crippen molar-refractivity contribution < 1.29 is 9.90 Å². The smallest absolute Gasteiger partial charge is 0.315 e. The number of nitrogens with zero attached hydrogens (tertiary/aromatic N) is 2. The Bertz CT molecular complexity index is 693. The summed E-state index contributed by atoms with van der Waals surface area (Å²) in [7, 11) is 0. The van der Waals surface area contributed by atoms with Crippen LogP contribution in [0.3, 0.4) is 0 Å². The molecule has 2 amide bonds. The number of urea groups is 1. The second-order valence-corrected chi connectivity index (χ2v) is 6.34. The van der Waals surface area contributed by atoms with Gasteiger partial charge in [0.2, 0.25) is 0 Å². The lowest BCUT2D eigenvalue weighted by atomic mass is 10.1. The molecular formula is C19H24N4O2. The Morgan fingerprint density at radius 3 is 2.68 bits per heavy atom. The van der Waals surface area contributed by atoms with Gasteiger partial charge in [0.1, 0.15) is 0 Å². The first-order chi connectivity index (χ1) is 12.2. The van der Waals surface area contributed by atoms with Crippen molar-refractivity contribution in [1.29, 1.82) is 0 Å². The molecule has 6 heteroatoms. The monoisotopic (exact) mass is 340 g/mol. The van der Waals surface area contributed by atoms with Crippen molar-refractivity contribution in [2.75, 3.05) is 13.1 Å². The zero-order valence-electron chi connectivity index (χ0n) is 14.2. The van der Waals surface area contributed by atoms with Crippen molar-refractivity contribution in [3.8, 4) is 0 Å². The van der Waals surface area contributed by atoms with Gasteiger partial charge in [0, 0.05) is 45.1 Å². The van der Waals surface area contributed by atoms with Crippen molar-refractivity contribution in [3.05, 3.63) is 65.5 Å². The number of benzene rings is 1. The minimum atomic E-state index is -0.219. The predicted octanol–water partition coefficient (Wildman–Crippen LogP) is 1.65. The van der Waals surface area contributed by atoms with Crippen LogP contribution in [0.15, 0.2) is 48.8 Å². The maximum atomic E-state index is 12.0. The molecule has 1 aliphatic rings. The van der Waals surface area contributed by atoms with E-state index in [1.165, 1.54) is 5.56 Å². The molecule has 1 aromatic carbocycles. The van der Waals surface area contributed by atoms with Crippen LogP contribution in [0, 0.1) is 0 Å². The van der Waals surface area contributed by atoms with Crippen LogP contribution in [-0.2, 0) is 19.6 Å². The number of likely N-dealkylation sites (tertiary alicyclic amines) is 1. The molecule has 3 rings (SSSR count). The van der Waals surface area contributed by atoms with Crippen LogP contribution < -0.4 is 10.6 Å². The average Bonchev–Trinajstić information content (AvgIpc) is 3.05. The van der Waals surface area contributed by atoms with Gasteiger partial charge in [0.15, 0.2) is 0 Å². The maximum Gasteiger partial charge on any atom is 0.315 e. The highest BCUT2D eigenvalue weighted by Gasteiger charge is 2.20. The summed E-state index contributed by atoms with van der Waals surface area (Å²) in [6, 6.07) is 11.7. The van der Waals surface area contributed by atoms with Crippen LogP contribution in [0.25, 0.3) is 0 Å². The van der Waals surface area contributed by atoms with Crippen molar-refractivity contribution in [2.24, 2.45) is 0 Å². The summed E-state index contributed by atoms with van der Waals surface area (Å²) in [4.78, 5) is 18.3. The number of aromatic nitrogens is 1. The van der Waals surface area contributed by atoms with Gasteiger partial charge in [-0.15, -0.1) is 0 Å². The van der Waals surface area contributed by atoms with E-state index in [-0.39, 0.29) is 12.1 Å². The second-order valence-electron chi connectivity index (χ2n) is 6.34. The number of aliphatic hydroxyl groups is 1. The van der Waals surface area contributed by atoms with E-state index < -0.39 is 0 Å². The fraction of sp³-hybridized carbons (Fsp3) is 0.368. The Morgan fingerprint density at radius 2 is 1.96 bits per heavy atom. The number of amides is 2. The number of β-amino-alcohol motifs (C(OH)–C–C–N with tert-alkyl or cyclic N) is 1. The van der Waals surface area contributed by atoms with Crippen molar-refractivity contribution in [2.45, 2.75) is 32.2 Å². The lowest BCUT2D eigenvalue weighted by Gasteiger charge is -2.18.